The summed E-state index contributed by atoms with van der Waals surface area (Å²) in [5, 5.41) is 2.66. The Hall–Kier alpha value is -3.03. The van der Waals surface area contributed by atoms with Crippen molar-refractivity contribution in [3.8, 4) is 0 Å². The van der Waals surface area contributed by atoms with Gasteiger partial charge in [0.25, 0.3) is 10.1 Å². The Bertz CT molecular complexity index is 1410. The lowest BCUT2D eigenvalue weighted by Crippen LogP contribution is -2.52. The van der Waals surface area contributed by atoms with Crippen LogP contribution in [0.15, 0.2) is 58.9 Å². The summed E-state index contributed by atoms with van der Waals surface area (Å²) in [6.45, 7) is 12.4. The zero-order chi connectivity index (χ0) is 34.3. The highest BCUT2D eigenvalue weighted by molar-refractivity contribution is 9.10. The summed E-state index contributed by atoms with van der Waals surface area (Å²) in [4.78, 5) is 54.8. The fourth-order valence-electron chi connectivity index (χ4n) is 5.76. The van der Waals surface area contributed by atoms with Crippen LogP contribution in [0.4, 0.5) is 4.79 Å². The molecule has 2 fully saturated rings. The van der Waals surface area contributed by atoms with Crippen molar-refractivity contribution in [2.24, 2.45) is 11.3 Å². The van der Waals surface area contributed by atoms with Crippen LogP contribution in [0.5, 0.6) is 0 Å². The van der Waals surface area contributed by atoms with Crippen LogP contribution < -0.4 is 5.32 Å². The molecule has 1 aromatic carbocycles. The first kappa shape index (κ1) is 37.4. The third-order valence-electron chi connectivity index (χ3n) is 8.17. The highest BCUT2D eigenvalue weighted by Gasteiger charge is 2.61. The number of likely N-dealkylation sites (tertiary alicyclic amines) is 1. The van der Waals surface area contributed by atoms with Crippen LogP contribution in [-0.4, -0.2) is 74.5 Å². The number of esters is 1. The van der Waals surface area contributed by atoms with Gasteiger partial charge < -0.3 is 19.7 Å². The molecule has 1 unspecified atom stereocenters. The fourth-order valence-corrected chi connectivity index (χ4v) is 7.10. The summed E-state index contributed by atoms with van der Waals surface area (Å²) < 4.78 is 43.0. The van der Waals surface area contributed by atoms with Crippen LogP contribution in [0.25, 0.3) is 0 Å². The number of allylic oxidation sites excluding steroid dienone is 2. The minimum atomic E-state index is -4.25. The van der Waals surface area contributed by atoms with E-state index < -0.39 is 63.1 Å². The number of nitrogens with zero attached hydrogens (tertiary/aromatic N) is 1. The van der Waals surface area contributed by atoms with E-state index in [0.717, 1.165) is 19.3 Å². The standard InChI is InChI=1S/C33H45BrN2O9S/c1-7-9-10-11-12-13-26(35-31(40)44-32(3,4)5)29(38)36-21-24(45-46(41,42)25-16-14-23(34)15-17-25)18-27(36)28(37)20-33(30(39)43-6)19-22(33)8-2/h7-8,14-17,22,24,26-27H,1-2,9-13,18-21H2,3-6H3,(H,35,40)/t22-,24+,26?,27+,33-/m1/s1. The lowest BCUT2D eigenvalue weighted by atomic mass is 9.92. The number of ketones is 1. The molecule has 3 rings (SSSR count). The molecule has 1 aromatic rings. The maximum atomic E-state index is 14.2. The third kappa shape index (κ3) is 9.74. The third-order valence-corrected chi connectivity index (χ3v) is 10.1. The molecular formula is C33H45BrN2O9S. The summed E-state index contributed by atoms with van der Waals surface area (Å²) in [7, 11) is -3.00. The zero-order valence-corrected chi connectivity index (χ0v) is 29.4. The molecule has 0 radical (unpaired) electrons. The topological polar surface area (TPSA) is 145 Å². The van der Waals surface area contributed by atoms with Crippen LogP contribution in [0.1, 0.15) is 72.1 Å². The lowest BCUT2D eigenvalue weighted by Gasteiger charge is -2.30. The molecule has 254 valence electrons. The minimum absolute atomic E-state index is 0.0798. The van der Waals surface area contributed by atoms with Crippen molar-refractivity contribution in [1.82, 2.24) is 10.2 Å². The van der Waals surface area contributed by atoms with Crippen molar-refractivity contribution < 1.29 is 41.3 Å². The number of methoxy groups -OCH3 is 1. The molecule has 1 aliphatic heterocycles. The Labute approximate surface area is 280 Å². The van der Waals surface area contributed by atoms with Gasteiger partial charge in [-0.15, -0.1) is 13.2 Å². The van der Waals surface area contributed by atoms with Gasteiger partial charge in [-0.3, -0.25) is 18.6 Å². The van der Waals surface area contributed by atoms with Crippen molar-refractivity contribution in [2.45, 2.75) is 101 Å². The summed E-state index contributed by atoms with van der Waals surface area (Å²) >= 11 is 3.28. The van der Waals surface area contributed by atoms with E-state index >= 15 is 0 Å². The van der Waals surface area contributed by atoms with Gasteiger partial charge in [0.1, 0.15) is 11.6 Å². The number of alkyl carbamates (subject to hydrolysis) is 1. The smallest absolute Gasteiger partial charge is 0.408 e. The molecule has 1 heterocycles. The van der Waals surface area contributed by atoms with Gasteiger partial charge >= 0.3 is 12.1 Å². The first-order valence-electron chi connectivity index (χ1n) is 15.4. The van der Waals surface area contributed by atoms with E-state index in [1.807, 2.05) is 6.08 Å². The van der Waals surface area contributed by atoms with Crippen molar-refractivity contribution in [3.63, 3.8) is 0 Å². The second-order valence-corrected chi connectivity index (χ2v) is 15.3. The molecule has 5 atom stereocenters. The van der Waals surface area contributed by atoms with Gasteiger partial charge in [-0.05, 0) is 76.6 Å². The maximum absolute atomic E-state index is 14.2. The van der Waals surface area contributed by atoms with Gasteiger partial charge in [0.05, 0.1) is 29.6 Å². The van der Waals surface area contributed by atoms with Crippen molar-refractivity contribution in [3.05, 3.63) is 54.0 Å². The van der Waals surface area contributed by atoms with Crippen molar-refractivity contribution in [1.29, 1.82) is 0 Å². The molecule has 11 nitrogen and oxygen atoms in total. The molecule has 1 saturated carbocycles. The second kappa shape index (κ2) is 15.7. The Morgan fingerprint density at radius 1 is 1.13 bits per heavy atom. The Morgan fingerprint density at radius 2 is 1.80 bits per heavy atom. The number of amides is 2. The molecule has 2 amide bonds. The number of carbonyl (C=O) groups is 4. The average Bonchev–Trinajstić information content (AvgIpc) is 3.54. The van der Waals surface area contributed by atoms with Gasteiger partial charge in [0.15, 0.2) is 5.78 Å². The SMILES string of the molecule is C=CCCCCCC(NC(=O)OC(C)(C)C)C(=O)N1C[C@@H](OS(=O)(=O)c2ccc(Br)cc2)C[C@H]1C(=O)C[C@]1(C(=O)OC)C[C@H]1C=C. The number of halogens is 1. The van der Waals surface area contributed by atoms with Gasteiger partial charge in [0, 0.05) is 23.9 Å². The number of benzene rings is 1. The van der Waals surface area contributed by atoms with Gasteiger partial charge in [-0.1, -0.05) is 40.9 Å². The van der Waals surface area contributed by atoms with Gasteiger partial charge in [0.2, 0.25) is 5.91 Å². The monoisotopic (exact) mass is 724 g/mol. The number of carbonyl (C=O) groups excluding carboxylic acids is 4. The number of Topliss-reactive ketones (excluding diaryl/α,β-unsaturated/α-hetero) is 1. The molecule has 0 spiro atoms. The Kier molecular flexibility index (Phi) is 12.8. The van der Waals surface area contributed by atoms with E-state index in [0.29, 0.717) is 17.3 Å². The van der Waals surface area contributed by atoms with Crippen molar-refractivity contribution in [2.75, 3.05) is 13.7 Å². The quantitative estimate of drug-likeness (QED) is 0.101. The molecule has 0 aromatic heterocycles. The number of nitrogens with one attached hydrogen (secondary N) is 1. The van der Waals surface area contributed by atoms with E-state index in [1.54, 1.807) is 39.0 Å². The number of unbranched alkanes of at least 4 members (excludes halogenated alkanes) is 3. The predicted molar refractivity (Wildman–Crippen MR) is 175 cm³/mol. The van der Waals surface area contributed by atoms with Crippen LogP contribution in [0.2, 0.25) is 0 Å². The molecule has 0 bridgehead atoms. The lowest BCUT2D eigenvalue weighted by molar-refractivity contribution is -0.150. The number of ether oxygens (including phenoxy) is 2. The van der Waals surface area contributed by atoms with E-state index in [1.165, 1.54) is 24.1 Å². The predicted octanol–water partition coefficient (Wildman–Crippen LogP) is 5.48. The molecule has 46 heavy (non-hydrogen) atoms. The van der Waals surface area contributed by atoms with E-state index in [4.69, 9.17) is 13.7 Å². The molecule has 1 N–H and O–H groups in total. The summed E-state index contributed by atoms with van der Waals surface area (Å²) in [5.41, 5.74) is -1.91. The van der Waals surface area contributed by atoms with Crippen LogP contribution >= 0.6 is 15.9 Å². The maximum Gasteiger partial charge on any atom is 0.408 e. The average molecular weight is 726 g/mol. The van der Waals surface area contributed by atoms with Crippen molar-refractivity contribution >= 4 is 49.8 Å². The summed E-state index contributed by atoms with van der Waals surface area (Å²) in [6.07, 6.45) is 4.90. The normalized spacial score (nSPS) is 23.2. The van der Waals surface area contributed by atoms with E-state index in [2.05, 4.69) is 34.4 Å². The van der Waals surface area contributed by atoms with Crippen LogP contribution in [0.3, 0.4) is 0 Å². The number of rotatable bonds is 16. The van der Waals surface area contributed by atoms with Crippen LogP contribution in [-0.2, 0) is 38.2 Å². The molecule has 1 saturated heterocycles. The second-order valence-electron chi connectivity index (χ2n) is 12.8. The van der Waals surface area contributed by atoms with Crippen LogP contribution in [0, 0.1) is 11.3 Å². The van der Waals surface area contributed by atoms with E-state index in [9.17, 15) is 27.6 Å². The zero-order valence-electron chi connectivity index (χ0n) is 27.0. The first-order chi connectivity index (χ1) is 21.6. The molecule has 1 aliphatic carbocycles. The largest absolute Gasteiger partial charge is 0.469 e. The summed E-state index contributed by atoms with van der Waals surface area (Å²) in [5.74, 6) is -1.81. The number of hydrogen-bond acceptors (Lipinski definition) is 9. The minimum Gasteiger partial charge on any atom is -0.469 e. The first-order valence-corrected chi connectivity index (χ1v) is 17.6. The van der Waals surface area contributed by atoms with E-state index in [-0.39, 0.29) is 36.6 Å². The fraction of sp³-hybridized carbons (Fsp3) is 0.576. The molecule has 13 heteroatoms. The number of hydrogen-bond donors (Lipinski definition) is 1. The highest BCUT2D eigenvalue weighted by atomic mass is 79.9. The van der Waals surface area contributed by atoms with Gasteiger partial charge in [-0.25, -0.2) is 4.79 Å². The molecule has 2 aliphatic rings. The summed E-state index contributed by atoms with van der Waals surface area (Å²) in [6, 6.07) is 3.74. The molecular weight excluding hydrogens is 680 g/mol. The Balaban J connectivity index is 1.90. The van der Waals surface area contributed by atoms with Gasteiger partial charge in [-0.2, -0.15) is 8.42 Å². The highest BCUT2D eigenvalue weighted by Crippen LogP contribution is 2.57. The Morgan fingerprint density at radius 3 is 2.37 bits per heavy atom.